The Bertz CT molecular complexity index is 575. The molecule has 0 radical (unpaired) electrons. The normalized spacial score (nSPS) is 24.3. The number of anilines is 1. The third-order valence-corrected chi connectivity index (χ3v) is 6.34. The minimum Gasteiger partial charge on any atom is -0.399 e. The quantitative estimate of drug-likeness (QED) is 0.641. The van der Waals surface area contributed by atoms with E-state index in [2.05, 4.69) is 27.6 Å². The van der Waals surface area contributed by atoms with Gasteiger partial charge in [0.05, 0.1) is 4.90 Å². The zero-order chi connectivity index (χ0) is 14.8. The highest BCUT2D eigenvalue weighted by atomic mass is 79.9. The fraction of sp³-hybridized carbons (Fsp3) is 0.571. The Morgan fingerprint density at radius 2 is 2.00 bits per heavy atom. The van der Waals surface area contributed by atoms with Gasteiger partial charge in [-0.15, -0.1) is 0 Å². The lowest BCUT2D eigenvalue weighted by atomic mass is 10.0. The van der Waals surface area contributed by atoms with Gasteiger partial charge in [0, 0.05) is 16.2 Å². The smallest absolute Gasteiger partial charge is 0.242 e. The lowest BCUT2D eigenvalue weighted by Gasteiger charge is -2.17. The van der Waals surface area contributed by atoms with E-state index in [1.54, 1.807) is 12.1 Å². The molecule has 1 aliphatic carbocycles. The van der Waals surface area contributed by atoms with Crippen molar-refractivity contribution in [1.29, 1.82) is 0 Å². The van der Waals surface area contributed by atoms with Gasteiger partial charge in [-0.25, -0.2) is 13.1 Å². The SMILES string of the molecule is CC1CCCC(NS(=O)(=O)c2cc(N)ccc2Br)CC1. The van der Waals surface area contributed by atoms with Gasteiger partial charge < -0.3 is 5.73 Å². The van der Waals surface area contributed by atoms with E-state index in [4.69, 9.17) is 5.73 Å². The molecule has 1 aliphatic rings. The van der Waals surface area contributed by atoms with E-state index in [1.807, 2.05) is 0 Å². The van der Waals surface area contributed by atoms with Crippen molar-refractivity contribution >= 4 is 31.6 Å². The molecule has 0 heterocycles. The van der Waals surface area contributed by atoms with E-state index in [1.165, 1.54) is 12.5 Å². The molecule has 2 unspecified atom stereocenters. The van der Waals surface area contributed by atoms with Crippen LogP contribution in [0.15, 0.2) is 27.6 Å². The number of nitrogen functional groups attached to an aromatic ring is 1. The molecule has 0 bridgehead atoms. The maximum absolute atomic E-state index is 12.5. The second-order valence-corrected chi connectivity index (χ2v) is 8.16. The molecule has 0 amide bonds. The predicted molar refractivity (Wildman–Crippen MR) is 84.9 cm³/mol. The van der Waals surface area contributed by atoms with Gasteiger partial charge in [0.2, 0.25) is 10.0 Å². The molecule has 0 aromatic heterocycles. The summed E-state index contributed by atoms with van der Waals surface area (Å²) in [5.41, 5.74) is 6.13. The van der Waals surface area contributed by atoms with Crippen LogP contribution < -0.4 is 10.5 Å². The number of nitrogens with two attached hydrogens (primary N) is 1. The maximum atomic E-state index is 12.5. The van der Waals surface area contributed by atoms with Crippen LogP contribution in [0.2, 0.25) is 0 Å². The minimum absolute atomic E-state index is 0.0262. The highest BCUT2D eigenvalue weighted by Crippen LogP contribution is 2.27. The number of rotatable bonds is 3. The van der Waals surface area contributed by atoms with E-state index in [0.717, 1.165) is 25.7 Å². The van der Waals surface area contributed by atoms with Crippen LogP contribution in [0.25, 0.3) is 0 Å². The van der Waals surface area contributed by atoms with Crippen molar-refractivity contribution < 1.29 is 8.42 Å². The van der Waals surface area contributed by atoms with E-state index in [-0.39, 0.29) is 10.9 Å². The Kier molecular flexibility index (Phi) is 5.09. The Morgan fingerprint density at radius 1 is 1.25 bits per heavy atom. The van der Waals surface area contributed by atoms with Gasteiger partial charge in [-0.05, 0) is 59.3 Å². The molecule has 4 nitrogen and oxygen atoms in total. The molecule has 2 atom stereocenters. The molecule has 1 saturated carbocycles. The predicted octanol–water partition coefficient (Wildman–Crippen LogP) is 3.28. The van der Waals surface area contributed by atoms with E-state index in [9.17, 15) is 8.42 Å². The van der Waals surface area contributed by atoms with Crippen LogP contribution in [0.1, 0.15) is 39.0 Å². The molecule has 112 valence electrons. The van der Waals surface area contributed by atoms with Crippen molar-refractivity contribution in [3.8, 4) is 0 Å². The summed E-state index contributed by atoms with van der Waals surface area (Å²) in [5, 5.41) is 0. The minimum atomic E-state index is -3.52. The number of hydrogen-bond donors (Lipinski definition) is 2. The Labute approximate surface area is 129 Å². The summed E-state index contributed by atoms with van der Waals surface area (Å²) in [7, 11) is -3.52. The number of sulfonamides is 1. The summed E-state index contributed by atoms with van der Waals surface area (Å²) < 4.78 is 28.3. The van der Waals surface area contributed by atoms with Gasteiger partial charge in [-0.2, -0.15) is 0 Å². The summed E-state index contributed by atoms with van der Waals surface area (Å²) >= 11 is 3.28. The first-order valence-corrected chi connectivity index (χ1v) is 9.23. The zero-order valence-electron chi connectivity index (χ0n) is 11.6. The van der Waals surface area contributed by atoms with Crippen molar-refractivity contribution in [3.63, 3.8) is 0 Å². The van der Waals surface area contributed by atoms with E-state index >= 15 is 0 Å². The van der Waals surface area contributed by atoms with Crippen molar-refractivity contribution in [3.05, 3.63) is 22.7 Å². The average molecular weight is 361 g/mol. The van der Waals surface area contributed by atoms with Crippen LogP contribution in [-0.2, 0) is 10.0 Å². The van der Waals surface area contributed by atoms with Gasteiger partial charge in [-0.3, -0.25) is 0 Å². The molecule has 6 heteroatoms. The lowest BCUT2D eigenvalue weighted by molar-refractivity contribution is 0.484. The van der Waals surface area contributed by atoms with Crippen molar-refractivity contribution in [2.75, 3.05) is 5.73 Å². The fourth-order valence-electron chi connectivity index (χ4n) is 2.61. The molecule has 0 aliphatic heterocycles. The highest BCUT2D eigenvalue weighted by Gasteiger charge is 2.24. The molecule has 2 rings (SSSR count). The van der Waals surface area contributed by atoms with Gasteiger partial charge in [0.25, 0.3) is 0 Å². The monoisotopic (exact) mass is 360 g/mol. The first kappa shape index (κ1) is 15.8. The Balaban J connectivity index is 2.16. The Morgan fingerprint density at radius 3 is 2.75 bits per heavy atom. The first-order valence-electron chi connectivity index (χ1n) is 6.96. The van der Waals surface area contributed by atoms with Crippen LogP contribution in [0.3, 0.4) is 0 Å². The first-order chi connectivity index (χ1) is 9.38. The van der Waals surface area contributed by atoms with Crippen molar-refractivity contribution in [2.45, 2.75) is 50.0 Å². The molecule has 0 spiro atoms. The number of nitrogens with one attached hydrogen (secondary N) is 1. The van der Waals surface area contributed by atoms with Crippen molar-refractivity contribution in [1.82, 2.24) is 4.72 Å². The molecule has 3 N–H and O–H groups in total. The topological polar surface area (TPSA) is 72.2 Å². The molecule has 1 aromatic carbocycles. The summed E-state index contributed by atoms with van der Waals surface area (Å²) in [4.78, 5) is 0.217. The van der Waals surface area contributed by atoms with Crippen LogP contribution in [0.4, 0.5) is 5.69 Å². The third kappa shape index (κ3) is 3.96. The Hall–Kier alpha value is -0.590. The molecular formula is C14H21BrN2O2S. The zero-order valence-corrected chi connectivity index (χ0v) is 14.0. The molecular weight excluding hydrogens is 340 g/mol. The van der Waals surface area contributed by atoms with E-state index < -0.39 is 10.0 Å². The molecule has 20 heavy (non-hydrogen) atoms. The van der Waals surface area contributed by atoms with Crippen LogP contribution in [0.5, 0.6) is 0 Å². The van der Waals surface area contributed by atoms with E-state index in [0.29, 0.717) is 16.1 Å². The summed E-state index contributed by atoms with van der Waals surface area (Å²) in [6, 6.07) is 4.86. The summed E-state index contributed by atoms with van der Waals surface area (Å²) in [5.74, 6) is 0.684. The third-order valence-electron chi connectivity index (χ3n) is 3.82. The van der Waals surface area contributed by atoms with Crippen LogP contribution in [0, 0.1) is 5.92 Å². The molecule has 1 fully saturated rings. The standard InChI is InChI=1S/C14H21BrN2O2S/c1-10-3-2-4-12(7-5-10)17-20(18,19)14-9-11(16)6-8-13(14)15/h6,8-10,12,17H,2-5,7,16H2,1H3. The van der Waals surface area contributed by atoms with Crippen LogP contribution >= 0.6 is 15.9 Å². The van der Waals surface area contributed by atoms with Gasteiger partial charge in [-0.1, -0.05) is 19.8 Å². The van der Waals surface area contributed by atoms with Crippen LogP contribution in [-0.4, -0.2) is 14.5 Å². The largest absolute Gasteiger partial charge is 0.399 e. The average Bonchev–Trinajstić information content (AvgIpc) is 2.57. The number of hydrogen-bond acceptors (Lipinski definition) is 3. The molecule has 0 saturated heterocycles. The van der Waals surface area contributed by atoms with Gasteiger partial charge in [0.1, 0.15) is 0 Å². The summed E-state index contributed by atoms with van der Waals surface area (Å²) in [6.07, 6.45) is 5.14. The van der Waals surface area contributed by atoms with Gasteiger partial charge >= 0.3 is 0 Å². The second-order valence-electron chi connectivity index (χ2n) is 5.62. The highest BCUT2D eigenvalue weighted by molar-refractivity contribution is 9.10. The number of benzene rings is 1. The summed E-state index contributed by atoms with van der Waals surface area (Å²) in [6.45, 7) is 2.23. The van der Waals surface area contributed by atoms with Crippen molar-refractivity contribution in [2.24, 2.45) is 5.92 Å². The van der Waals surface area contributed by atoms with Gasteiger partial charge in [0.15, 0.2) is 0 Å². The fourth-order valence-corrected chi connectivity index (χ4v) is 4.92. The lowest BCUT2D eigenvalue weighted by Crippen LogP contribution is -2.34. The number of halogens is 1. The molecule has 1 aromatic rings. The second kappa shape index (κ2) is 6.45. The maximum Gasteiger partial charge on any atom is 0.242 e.